The SMILES string of the molecule is Cc1ccc(C(NN)N(C)C)cc1. The fourth-order valence-corrected chi connectivity index (χ4v) is 1.29. The Morgan fingerprint density at radius 3 is 2.15 bits per heavy atom. The van der Waals surface area contributed by atoms with E-state index >= 15 is 0 Å². The predicted octanol–water partition coefficient (Wildman–Crippen LogP) is 1.02. The van der Waals surface area contributed by atoms with Crippen molar-refractivity contribution in [2.75, 3.05) is 14.1 Å². The monoisotopic (exact) mass is 179 g/mol. The van der Waals surface area contributed by atoms with Crippen molar-refractivity contribution in [2.24, 2.45) is 5.84 Å². The Balaban J connectivity index is 2.86. The number of hydrogen-bond acceptors (Lipinski definition) is 3. The molecule has 3 N–H and O–H groups in total. The van der Waals surface area contributed by atoms with Crippen molar-refractivity contribution in [2.45, 2.75) is 13.1 Å². The fourth-order valence-electron chi connectivity index (χ4n) is 1.29. The standard InChI is InChI=1S/C10H17N3/c1-8-4-6-9(7-5-8)10(12-11)13(2)3/h4-7,10,12H,11H2,1-3H3. The van der Waals surface area contributed by atoms with E-state index in [1.807, 2.05) is 19.0 Å². The van der Waals surface area contributed by atoms with Crippen molar-refractivity contribution < 1.29 is 0 Å². The number of aryl methyl sites for hydroxylation is 1. The normalized spacial score (nSPS) is 13.3. The lowest BCUT2D eigenvalue weighted by molar-refractivity contribution is 0.253. The lowest BCUT2D eigenvalue weighted by atomic mass is 10.1. The molecule has 0 saturated heterocycles. The van der Waals surface area contributed by atoms with Crippen LogP contribution in [-0.2, 0) is 0 Å². The molecule has 1 unspecified atom stereocenters. The van der Waals surface area contributed by atoms with Gasteiger partial charge in [-0.3, -0.25) is 10.7 Å². The van der Waals surface area contributed by atoms with Gasteiger partial charge in [0, 0.05) is 0 Å². The maximum atomic E-state index is 5.45. The molecule has 1 rings (SSSR count). The average Bonchev–Trinajstić information content (AvgIpc) is 2.09. The number of nitrogens with one attached hydrogen (secondary N) is 1. The third-order valence-electron chi connectivity index (χ3n) is 2.07. The third-order valence-corrected chi connectivity index (χ3v) is 2.07. The van der Waals surface area contributed by atoms with Crippen molar-refractivity contribution in [1.82, 2.24) is 10.3 Å². The molecule has 1 aromatic carbocycles. The van der Waals surface area contributed by atoms with Crippen LogP contribution in [0.25, 0.3) is 0 Å². The molecule has 0 bridgehead atoms. The Labute approximate surface area is 79.5 Å². The van der Waals surface area contributed by atoms with E-state index in [0.29, 0.717) is 0 Å². The van der Waals surface area contributed by atoms with E-state index < -0.39 is 0 Å². The largest absolute Gasteiger partial charge is 0.289 e. The third kappa shape index (κ3) is 2.52. The summed E-state index contributed by atoms with van der Waals surface area (Å²) in [7, 11) is 3.98. The topological polar surface area (TPSA) is 41.3 Å². The Hall–Kier alpha value is -0.900. The van der Waals surface area contributed by atoms with Gasteiger partial charge in [-0.05, 0) is 26.6 Å². The Bertz CT molecular complexity index is 253. The Kier molecular flexibility index (Phi) is 3.42. The molecule has 0 spiro atoms. The highest BCUT2D eigenvalue weighted by molar-refractivity contribution is 5.23. The van der Waals surface area contributed by atoms with Crippen LogP contribution in [0.1, 0.15) is 17.3 Å². The first-order valence-corrected chi connectivity index (χ1v) is 4.34. The van der Waals surface area contributed by atoms with Gasteiger partial charge in [0.1, 0.15) is 0 Å². The maximum Gasteiger partial charge on any atom is 0.0980 e. The van der Waals surface area contributed by atoms with E-state index in [1.54, 1.807) is 0 Å². The molecule has 0 aliphatic carbocycles. The van der Waals surface area contributed by atoms with Gasteiger partial charge in [0.25, 0.3) is 0 Å². The first-order valence-electron chi connectivity index (χ1n) is 4.34. The second-order valence-corrected chi connectivity index (χ2v) is 3.44. The number of rotatable bonds is 3. The molecule has 0 saturated carbocycles. The summed E-state index contributed by atoms with van der Waals surface area (Å²) in [6.45, 7) is 2.07. The molecule has 0 aliphatic heterocycles. The Morgan fingerprint density at radius 1 is 1.23 bits per heavy atom. The zero-order valence-electron chi connectivity index (χ0n) is 8.41. The van der Waals surface area contributed by atoms with Crippen LogP contribution in [0.15, 0.2) is 24.3 Å². The van der Waals surface area contributed by atoms with Crippen LogP contribution in [0.5, 0.6) is 0 Å². The van der Waals surface area contributed by atoms with Gasteiger partial charge in [0.2, 0.25) is 0 Å². The maximum absolute atomic E-state index is 5.45. The van der Waals surface area contributed by atoms with E-state index in [2.05, 4.69) is 36.6 Å². The fraction of sp³-hybridized carbons (Fsp3) is 0.400. The molecule has 0 heterocycles. The number of nitrogens with zero attached hydrogens (tertiary/aromatic N) is 1. The molecule has 0 amide bonds. The van der Waals surface area contributed by atoms with E-state index in [4.69, 9.17) is 5.84 Å². The summed E-state index contributed by atoms with van der Waals surface area (Å²) in [5.41, 5.74) is 5.20. The summed E-state index contributed by atoms with van der Waals surface area (Å²) in [6, 6.07) is 8.34. The molecule has 72 valence electrons. The number of hydrogen-bond donors (Lipinski definition) is 2. The lowest BCUT2D eigenvalue weighted by Gasteiger charge is -2.23. The van der Waals surface area contributed by atoms with Gasteiger partial charge in [-0.15, -0.1) is 0 Å². The van der Waals surface area contributed by atoms with E-state index in [0.717, 1.165) is 0 Å². The lowest BCUT2D eigenvalue weighted by Crippen LogP contribution is -2.37. The summed E-state index contributed by atoms with van der Waals surface area (Å²) in [5.74, 6) is 5.45. The quantitative estimate of drug-likeness (QED) is 0.413. The molecule has 0 radical (unpaired) electrons. The van der Waals surface area contributed by atoms with Crippen LogP contribution in [0, 0.1) is 6.92 Å². The van der Waals surface area contributed by atoms with Gasteiger partial charge in [0.15, 0.2) is 0 Å². The predicted molar refractivity (Wildman–Crippen MR) is 54.9 cm³/mol. The van der Waals surface area contributed by atoms with E-state index in [-0.39, 0.29) is 6.17 Å². The number of benzene rings is 1. The molecule has 3 nitrogen and oxygen atoms in total. The summed E-state index contributed by atoms with van der Waals surface area (Å²) in [5, 5.41) is 0. The van der Waals surface area contributed by atoms with Crippen LogP contribution in [0.3, 0.4) is 0 Å². The van der Waals surface area contributed by atoms with Crippen LogP contribution in [-0.4, -0.2) is 19.0 Å². The molecule has 1 atom stereocenters. The van der Waals surface area contributed by atoms with Crippen molar-refractivity contribution in [3.63, 3.8) is 0 Å². The highest BCUT2D eigenvalue weighted by atomic mass is 15.4. The van der Waals surface area contributed by atoms with Gasteiger partial charge >= 0.3 is 0 Å². The molecular weight excluding hydrogens is 162 g/mol. The van der Waals surface area contributed by atoms with Crippen LogP contribution >= 0.6 is 0 Å². The van der Waals surface area contributed by atoms with Crippen LogP contribution in [0.2, 0.25) is 0 Å². The van der Waals surface area contributed by atoms with Gasteiger partial charge in [-0.25, -0.2) is 5.43 Å². The summed E-state index contributed by atoms with van der Waals surface area (Å²) < 4.78 is 0. The number of hydrazine groups is 1. The number of nitrogens with two attached hydrogens (primary N) is 1. The first-order chi connectivity index (χ1) is 6.15. The van der Waals surface area contributed by atoms with Crippen molar-refractivity contribution in [3.8, 4) is 0 Å². The van der Waals surface area contributed by atoms with Gasteiger partial charge in [0.05, 0.1) is 6.17 Å². The molecular formula is C10H17N3. The zero-order valence-corrected chi connectivity index (χ0v) is 8.41. The second-order valence-electron chi connectivity index (χ2n) is 3.44. The van der Waals surface area contributed by atoms with Gasteiger partial charge in [-0.1, -0.05) is 29.8 Å². The van der Waals surface area contributed by atoms with Crippen molar-refractivity contribution in [1.29, 1.82) is 0 Å². The first kappa shape index (κ1) is 10.2. The second kappa shape index (κ2) is 4.37. The minimum absolute atomic E-state index is 0.0839. The summed E-state index contributed by atoms with van der Waals surface area (Å²) >= 11 is 0. The van der Waals surface area contributed by atoms with E-state index in [1.165, 1.54) is 11.1 Å². The van der Waals surface area contributed by atoms with Gasteiger partial charge < -0.3 is 0 Å². The Morgan fingerprint density at radius 2 is 1.77 bits per heavy atom. The summed E-state index contributed by atoms with van der Waals surface area (Å²) in [6.07, 6.45) is 0.0839. The molecule has 0 fully saturated rings. The molecule has 3 heteroatoms. The molecule has 0 aromatic heterocycles. The summed E-state index contributed by atoms with van der Waals surface area (Å²) in [4.78, 5) is 2.03. The van der Waals surface area contributed by atoms with Crippen molar-refractivity contribution in [3.05, 3.63) is 35.4 Å². The average molecular weight is 179 g/mol. The highest BCUT2D eigenvalue weighted by Crippen LogP contribution is 2.14. The zero-order chi connectivity index (χ0) is 9.84. The highest BCUT2D eigenvalue weighted by Gasteiger charge is 2.10. The molecule has 0 aliphatic rings. The minimum atomic E-state index is 0.0839. The molecule has 1 aromatic rings. The smallest absolute Gasteiger partial charge is 0.0980 e. The molecule has 13 heavy (non-hydrogen) atoms. The van der Waals surface area contributed by atoms with Crippen LogP contribution in [0.4, 0.5) is 0 Å². The van der Waals surface area contributed by atoms with Gasteiger partial charge in [-0.2, -0.15) is 0 Å². The van der Waals surface area contributed by atoms with Crippen LogP contribution < -0.4 is 11.3 Å². The minimum Gasteiger partial charge on any atom is -0.289 e. The van der Waals surface area contributed by atoms with E-state index in [9.17, 15) is 0 Å². The van der Waals surface area contributed by atoms with Crippen molar-refractivity contribution >= 4 is 0 Å².